The Labute approximate surface area is 198 Å². The highest BCUT2D eigenvalue weighted by Gasteiger charge is 2.17. The summed E-state index contributed by atoms with van der Waals surface area (Å²) in [6, 6.07) is 12.6. The lowest BCUT2D eigenvalue weighted by atomic mass is 10.1. The van der Waals surface area contributed by atoms with Crippen LogP contribution in [-0.2, 0) is 11.3 Å². The molecule has 0 radical (unpaired) electrons. The van der Waals surface area contributed by atoms with Gasteiger partial charge >= 0.3 is 0 Å². The lowest BCUT2D eigenvalue weighted by molar-refractivity contribution is 0.122. The zero-order valence-corrected chi connectivity index (χ0v) is 19.1. The molecule has 1 aromatic heterocycles. The third kappa shape index (κ3) is 5.51. The highest BCUT2D eigenvalue weighted by molar-refractivity contribution is 5.68. The number of morpholine rings is 1. The molecule has 3 aromatic rings. The van der Waals surface area contributed by atoms with Crippen molar-refractivity contribution in [1.82, 2.24) is 14.9 Å². The summed E-state index contributed by atoms with van der Waals surface area (Å²) < 4.78 is 34.4. The summed E-state index contributed by atoms with van der Waals surface area (Å²) in [7, 11) is 0. The molecule has 8 heteroatoms. The van der Waals surface area contributed by atoms with Crippen LogP contribution in [-0.4, -0.2) is 54.3 Å². The van der Waals surface area contributed by atoms with Crippen molar-refractivity contribution in [1.29, 1.82) is 0 Å². The Morgan fingerprint density at radius 1 is 0.912 bits per heavy atom. The molecule has 34 heavy (non-hydrogen) atoms. The van der Waals surface area contributed by atoms with E-state index >= 15 is 0 Å². The number of nitrogens with zero attached hydrogens (tertiary/aromatic N) is 4. The Kier molecular flexibility index (Phi) is 6.97. The Hall–Kier alpha value is -3.10. The molecule has 0 aliphatic carbocycles. The Morgan fingerprint density at radius 2 is 1.68 bits per heavy atom. The van der Waals surface area contributed by atoms with E-state index in [1.807, 2.05) is 17.0 Å². The minimum atomic E-state index is -0.596. The van der Waals surface area contributed by atoms with Crippen LogP contribution in [0.2, 0.25) is 0 Å². The number of ether oxygens (including phenoxy) is 1. The first-order valence-electron chi connectivity index (χ1n) is 11.9. The molecule has 2 aliphatic heterocycles. The van der Waals surface area contributed by atoms with E-state index in [2.05, 4.69) is 32.3 Å². The smallest absolute Gasteiger partial charge is 0.227 e. The van der Waals surface area contributed by atoms with E-state index in [9.17, 15) is 8.78 Å². The van der Waals surface area contributed by atoms with Crippen LogP contribution < -0.4 is 10.2 Å². The molecule has 2 saturated heterocycles. The van der Waals surface area contributed by atoms with Crippen LogP contribution in [0.5, 0.6) is 0 Å². The van der Waals surface area contributed by atoms with Crippen molar-refractivity contribution in [2.45, 2.75) is 25.8 Å². The topological polar surface area (TPSA) is 53.5 Å². The van der Waals surface area contributed by atoms with Crippen LogP contribution in [0.15, 0.2) is 48.7 Å². The maximum absolute atomic E-state index is 14.7. The molecule has 0 bridgehead atoms. The summed E-state index contributed by atoms with van der Waals surface area (Å²) in [6.07, 6.45) is 4.98. The molecule has 2 fully saturated rings. The van der Waals surface area contributed by atoms with Gasteiger partial charge in [-0.2, -0.15) is 0 Å². The quantitative estimate of drug-likeness (QED) is 0.554. The van der Waals surface area contributed by atoms with Crippen molar-refractivity contribution in [3.63, 3.8) is 0 Å². The summed E-state index contributed by atoms with van der Waals surface area (Å²) in [5, 5.41) is 3.14. The number of aromatic nitrogens is 2. The number of halogens is 2. The molecule has 2 aliphatic rings. The molecule has 0 amide bonds. The monoisotopic (exact) mass is 465 g/mol. The van der Waals surface area contributed by atoms with Gasteiger partial charge in [0.25, 0.3) is 0 Å². The second-order valence-electron chi connectivity index (χ2n) is 8.85. The van der Waals surface area contributed by atoms with Crippen LogP contribution in [0.3, 0.4) is 0 Å². The van der Waals surface area contributed by atoms with E-state index in [1.54, 1.807) is 6.07 Å². The lowest BCUT2D eigenvalue weighted by Gasteiger charge is -2.29. The van der Waals surface area contributed by atoms with Gasteiger partial charge in [0.15, 0.2) is 5.82 Å². The van der Waals surface area contributed by atoms with Gasteiger partial charge in [-0.3, -0.25) is 4.90 Å². The minimum Gasteiger partial charge on any atom is -0.378 e. The van der Waals surface area contributed by atoms with E-state index in [0.29, 0.717) is 37.6 Å². The largest absolute Gasteiger partial charge is 0.378 e. The lowest BCUT2D eigenvalue weighted by Crippen LogP contribution is -2.36. The number of likely N-dealkylation sites (tertiary alicyclic amines) is 1. The van der Waals surface area contributed by atoms with Gasteiger partial charge in [0.05, 0.1) is 19.4 Å². The zero-order valence-electron chi connectivity index (χ0n) is 19.1. The molecule has 5 rings (SSSR count). The van der Waals surface area contributed by atoms with Crippen molar-refractivity contribution >= 4 is 17.3 Å². The molecule has 3 heterocycles. The van der Waals surface area contributed by atoms with Crippen molar-refractivity contribution < 1.29 is 13.5 Å². The van der Waals surface area contributed by atoms with E-state index in [-0.39, 0.29) is 11.6 Å². The van der Waals surface area contributed by atoms with Gasteiger partial charge in [-0.15, -0.1) is 0 Å². The zero-order chi connectivity index (χ0) is 23.3. The predicted molar refractivity (Wildman–Crippen MR) is 129 cm³/mol. The van der Waals surface area contributed by atoms with Crippen molar-refractivity contribution in [2.75, 3.05) is 49.6 Å². The molecule has 2 aromatic carbocycles. The molecule has 6 nitrogen and oxygen atoms in total. The Morgan fingerprint density at radius 3 is 2.44 bits per heavy atom. The summed E-state index contributed by atoms with van der Waals surface area (Å²) >= 11 is 0. The molecule has 0 spiro atoms. The SMILES string of the molecule is Fc1cc(-c2nc(Nc3ccc(CN4CCCCC4)cc3)ncc2F)cc(N2CCOCC2)c1. The van der Waals surface area contributed by atoms with E-state index in [4.69, 9.17) is 4.74 Å². The van der Waals surface area contributed by atoms with Crippen LogP contribution >= 0.6 is 0 Å². The van der Waals surface area contributed by atoms with Crippen molar-refractivity contribution in [3.8, 4) is 11.3 Å². The normalized spacial score (nSPS) is 17.1. The highest BCUT2D eigenvalue weighted by atomic mass is 19.1. The van der Waals surface area contributed by atoms with Gasteiger partial charge in [-0.1, -0.05) is 18.6 Å². The second-order valence-corrected chi connectivity index (χ2v) is 8.85. The van der Waals surface area contributed by atoms with Crippen molar-refractivity contribution in [2.24, 2.45) is 0 Å². The molecule has 0 saturated carbocycles. The highest BCUT2D eigenvalue weighted by Crippen LogP contribution is 2.28. The van der Waals surface area contributed by atoms with Crippen LogP contribution in [0.1, 0.15) is 24.8 Å². The second kappa shape index (κ2) is 10.4. The van der Waals surface area contributed by atoms with Gasteiger partial charge in [-0.05, 0) is 61.8 Å². The average molecular weight is 466 g/mol. The summed E-state index contributed by atoms with van der Waals surface area (Å²) in [6.45, 7) is 5.74. The number of nitrogens with one attached hydrogen (secondary N) is 1. The van der Waals surface area contributed by atoms with E-state index in [0.717, 1.165) is 31.5 Å². The third-order valence-electron chi connectivity index (χ3n) is 6.34. The van der Waals surface area contributed by atoms with Gasteiger partial charge in [0.2, 0.25) is 5.95 Å². The molecule has 0 atom stereocenters. The average Bonchev–Trinajstić information content (AvgIpc) is 2.87. The van der Waals surface area contributed by atoms with E-state index < -0.39 is 11.6 Å². The maximum atomic E-state index is 14.7. The number of rotatable bonds is 6. The van der Waals surface area contributed by atoms with Crippen LogP contribution in [0, 0.1) is 11.6 Å². The van der Waals surface area contributed by atoms with Crippen molar-refractivity contribution in [3.05, 3.63) is 65.9 Å². The Balaban J connectivity index is 1.32. The fourth-order valence-electron chi connectivity index (χ4n) is 4.54. The predicted octanol–water partition coefficient (Wildman–Crippen LogP) is 4.99. The number of benzene rings is 2. The van der Waals surface area contributed by atoms with Gasteiger partial charge in [-0.25, -0.2) is 18.7 Å². The molecular formula is C26H29F2N5O. The summed E-state index contributed by atoms with van der Waals surface area (Å²) in [5.41, 5.74) is 3.20. The van der Waals surface area contributed by atoms with E-state index in [1.165, 1.54) is 37.0 Å². The molecule has 1 N–H and O–H groups in total. The fraction of sp³-hybridized carbons (Fsp3) is 0.385. The molecule has 0 unspecified atom stereocenters. The number of hydrogen-bond donors (Lipinski definition) is 1. The third-order valence-corrected chi connectivity index (χ3v) is 6.34. The van der Waals surface area contributed by atoms with Gasteiger partial charge < -0.3 is 15.0 Å². The maximum Gasteiger partial charge on any atom is 0.227 e. The standard InChI is InChI=1S/C26H29F2N5O/c27-21-14-20(15-23(16-21)33-10-12-34-13-11-33)25-24(28)17-29-26(31-25)30-22-6-4-19(5-7-22)18-32-8-2-1-3-9-32/h4-7,14-17H,1-3,8-13,18H2,(H,29,30,31). The van der Waals surface area contributed by atoms with Crippen LogP contribution in [0.4, 0.5) is 26.1 Å². The molecule has 178 valence electrons. The summed E-state index contributed by atoms with van der Waals surface area (Å²) in [5.74, 6) is -0.769. The first kappa shape index (κ1) is 22.7. The fourth-order valence-corrected chi connectivity index (χ4v) is 4.54. The first-order valence-corrected chi connectivity index (χ1v) is 11.9. The number of piperidine rings is 1. The number of hydrogen-bond acceptors (Lipinski definition) is 6. The van der Waals surface area contributed by atoms with Gasteiger partial charge in [0, 0.05) is 36.6 Å². The minimum absolute atomic E-state index is 0.0632. The Bertz CT molecular complexity index is 1110. The molecular weight excluding hydrogens is 436 g/mol. The van der Waals surface area contributed by atoms with Gasteiger partial charge in [0.1, 0.15) is 11.5 Å². The first-order chi connectivity index (χ1) is 16.6. The summed E-state index contributed by atoms with van der Waals surface area (Å²) in [4.78, 5) is 13.0. The number of anilines is 3. The van der Waals surface area contributed by atoms with Crippen LogP contribution in [0.25, 0.3) is 11.3 Å².